The fourth-order valence-corrected chi connectivity index (χ4v) is 4.77. The third kappa shape index (κ3) is 6.10. The van der Waals surface area contributed by atoms with Crippen molar-refractivity contribution in [2.75, 3.05) is 32.9 Å². The highest BCUT2D eigenvalue weighted by Gasteiger charge is 2.24. The van der Waals surface area contributed by atoms with Gasteiger partial charge in [-0.25, -0.2) is 4.99 Å². The first-order valence-corrected chi connectivity index (χ1v) is 12.3. The van der Waals surface area contributed by atoms with Gasteiger partial charge in [0.2, 0.25) is 0 Å². The second-order valence-corrected chi connectivity index (χ2v) is 9.70. The number of ether oxygens (including phenoxy) is 2. The smallest absolute Gasteiger partial charge is 0.264 e. The van der Waals surface area contributed by atoms with Crippen LogP contribution in [0.4, 0.5) is 5.69 Å². The van der Waals surface area contributed by atoms with Crippen molar-refractivity contribution < 1.29 is 19.1 Å². The normalized spacial score (nSPS) is 18.6. The van der Waals surface area contributed by atoms with Crippen molar-refractivity contribution in [2.24, 2.45) is 4.99 Å². The minimum absolute atomic E-state index is 0.0524. The number of carbonyl (C=O) groups is 2. The van der Waals surface area contributed by atoms with E-state index in [1.807, 2.05) is 12.1 Å². The molecule has 33 heavy (non-hydrogen) atoms. The minimum Gasteiger partial charge on any atom is -0.483 e. The number of morpholine rings is 1. The van der Waals surface area contributed by atoms with E-state index in [0.717, 1.165) is 5.56 Å². The molecular weight excluding hydrogens is 553 g/mol. The van der Waals surface area contributed by atoms with Gasteiger partial charge in [0.05, 0.1) is 38.3 Å². The Kier molecular flexibility index (Phi) is 7.98. The number of aliphatic imine (C=N–C) groups is 1. The molecule has 0 aliphatic carbocycles. The van der Waals surface area contributed by atoms with Gasteiger partial charge in [-0.15, -0.1) is 0 Å². The molecule has 2 fully saturated rings. The van der Waals surface area contributed by atoms with E-state index in [4.69, 9.17) is 32.7 Å². The van der Waals surface area contributed by atoms with Crippen molar-refractivity contribution in [2.45, 2.75) is 0 Å². The molecule has 0 aromatic heterocycles. The number of thioether (sulfide) groups is 1. The fraction of sp³-hybridized carbons (Fsp3) is 0.227. The zero-order valence-corrected chi connectivity index (χ0v) is 21.1. The highest BCUT2D eigenvalue weighted by molar-refractivity contribution is 9.10. The number of benzene rings is 2. The van der Waals surface area contributed by atoms with Crippen molar-refractivity contribution in [3.63, 3.8) is 0 Å². The zero-order chi connectivity index (χ0) is 23.4. The average molecular weight is 571 g/mol. The Bertz CT molecular complexity index is 1150. The molecule has 172 valence electrons. The number of carbonyl (C=O) groups excluding carboxylic acids is 2. The Morgan fingerprint density at radius 1 is 1.27 bits per heavy atom. The first kappa shape index (κ1) is 24.1. The topological polar surface area (TPSA) is 80.2 Å². The van der Waals surface area contributed by atoms with Gasteiger partial charge in [-0.3, -0.25) is 9.59 Å². The van der Waals surface area contributed by atoms with E-state index in [1.165, 1.54) is 11.8 Å². The van der Waals surface area contributed by atoms with Crippen LogP contribution in [0.2, 0.25) is 10.0 Å². The van der Waals surface area contributed by atoms with Crippen LogP contribution in [-0.4, -0.2) is 54.8 Å². The third-order valence-corrected chi connectivity index (χ3v) is 7.11. The molecule has 2 aromatic carbocycles. The maximum Gasteiger partial charge on any atom is 0.264 e. The van der Waals surface area contributed by atoms with Crippen LogP contribution in [-0.2, 0) is 14.3 Å². The summed E-state index contributed by atoms with van der Waals surface area (Å²) in [5, 5.41) is 3.85. The van der Waals surface area contributed by atoms with E-state index in [0.29, 0.717) is 62.3 Å². The number of rotatable bonds is 5. The Morgan fingerprint density at radius 2 is 2.06 bits per heavy atom. The standard InChI is InChI=1S/C22H18BrCl2N3O4S/c23-14-10-13(4-5-17(14)32-12-19(29)28-6-8-31-9-7-28)11-18-21(30)27-22(33-18)26-16-3-1-2-15(24)20(16)25/h1-5,10-11H,6-9,12H2,(H,26,27,30)/b18-11-. The predicted octanol–water partition coefficient (Wildman–Crippen LogP) is 4.89. The largest absolute Gasteiger partial charge is 0.483 e. The van der Waals surface area contributed by atoms with Gasteiger partial charge in [-0.1, -0.05) is 35.3 Å². The van der Waals surface area contributed by atoms with Gasteiger partial charge in [0.1, 0.15) is 5.75 Å². The summed E-state index contributed by atoms with van der Waals surface area (Å²) in [6.07, 6.45) is 1.75. The SMILES string of the molecule is O=C1NC(=Nc2cccc(Cl)c2Cl)S/C1=C\c1ccc(OCC(=O)N2CCOCC2)c(Br)c1. The van der Waals surface area contributed by atoms with E-state index in [2.05, 4.69) is 26.2 Å². The fourth-order valence-electron chi connectivity index (χ4n) is 3.09. The molecule has 0 unspecified atom stereocenters. The molecule has 2 saturated heterocycles. The van der Waals surface area contributed by atoms with Crippen LogP contribution in [0.1, 0.15) is 5.56 Å². The van der Waals surface area contributed by atoms with Crippen LogP contribution < -0.4 is 10.1 Å². The molecule has 2 aliphatic heterocycles. The van der Waals surface area contributed by atoms with E-state index >= 15 is 0 Å². The lowest BCUT2D eigenvalue weighted by Crippen LogP contribution is -2.43. The molecule has 2 aromatic rings. The second kappa shape index (κ2) is 10.9. The first-order valence-electron chi connectivity index (χ1n) is 9.92. The van der Waals surface area contributed by atoms with Gasteiger partial charge in [-0.05, 0) is 63.6 Å². The van der Waals surface area contributed by atoms with Gasteiger partial charge in [0.25, 0.3) is 11.8 Å². The van der Waals surface area contributed by atoms with Crippen LogP contribution in [0.3, 0.4) is 0 Å². The van der Waals surface area contributed by atoms with Crippen molar-refractivity contribution in [3.05, 3.63) is 61.4 Å². The second-order valence-electron chi connectivity index (χ2n) is 7.03. The van der Waals surface area contributed by atoms with Gasteiger partial charge < -0.3 is 19.7 Å². The zero-order valence-electron chi connectivity index (χ0n) is 17.1. The molecule has 0 bridgehead atoms. The van der Waals surface area contributed by atoms with Crippen molar-refractivity contribution >= 4 is 79.6 Å². The molecule has 4 rings (SSSR count). The summed E-state index contributed by atoms with van der Waals surface area (Å²) < 4.78 is 11.6. The predicted molar refractivity (Wildman–Crippen MR) is 134 cm³/mol. The summed E-state index contributed by atoms with van der Waals surface area (Å²) in [5.74, 6) is 0.201. The van der Waals surface area contributed by atoms with Crippen LogP contribution >= 0.6 is 50.9 Å². The van der Waals surface area contributed by atoms with Gasteiger partial charge in [0, 0.05) is 13.1 Å². The Balaban J connectivity index is 1.42. The number of hydrogen-bond acceptors (Lipinski definition) is 6. The number of amides is 2. The summed E-state index contributed by atoms with van der Waals surface area (Å²) in [4.78, 5) is 31.2. The maximum absolute atomic E-state index is 12.4. The van der Waals surface area contributed by atoms with E-state index in [1.54, 1.807) is 35.2 Å². The Hall–Kier alpha value is -2.04. The van der Waals surface area contributed by atoms with E-state index < -0.39 is 0 Å². The van der Waals surface area contributed by atoms with Gasteiger partial charge in [-0.2, -0.15) is 0 Å². The highest BCUT2D eigenvalue weighted by Crippen LogP contribution is 2.35. The number of nitrogens with one attached hydrogen (secondary N) is 1. The van der Waals surface area contributed by atoms with Crippen molar-refractivity contribution in [1.29, 1.82) is 0 Å². The maximum atomic E-state index is 12.4. The van der Waals surface area contributed by atoms with E-state index in [-0.39, 0.29) is 18.4 Å². The summed E-state index contributed by atoms with van der Waals surface area (Å²) in [5.41, 5.74) is 1.26. The third-order valence-electron chi connectivity index (χ3n) is 4.77. The van der Waals surface area contributed by atoms with Crippen LogP contribution in [0.25, 0.3) is 6.08 Å². The number of hydrogen-bond donors (Lipinski definition) is 1. The molecule has 0 radical (unpaired) electrons. The molecule has 2 amide bonds. The number of nitrogens with zero attached hydrogens (tertiary/aromatic N) is 2. The monoisotopic (exact) mass is 569 g/mol. The summed E-state index contributed by atoms with van der Waals surface area (Å²) >= 11 is 16.9. The van der Waals surface area contributed by atoms with Crippen molar-refractivity contribution in [3.8, 4) is 5.75 Å². The Labute approximate surface area is 213 Å². The Morgan fingerprint density at radius 3 is 2.82 bits per heavy atom. The first-order chi connectivity index (χ1) is 15.9. The van der Waals surface area contributed by atoms with Crippen LogP contribution in [0.15, 0.2) is 50.8 Å². The average Bonchev–Trinajstić information content (AvgIpc) is 3.15. The molecular formula is C22H18BrCl2N3O4S. The summed E-state index contributed by atoms with van der Waals surface area (Å²) in [6, 6.07) is 10.5. The lowest BCUT2D eigenvalue weighted by Gasteiger charge is -2.26. The molecule has 1 N–H and O–H groups in total. The van der Waals surface area contributed by atoms with Crippen molar-refractivity contribution in [1.82, 2.24) is 10.2 Å². The molecule has 11 heteroatoms. The molecule has 0 atom stereocenters. The molecule has 2 aliphatic rings. The highest BCUT2D eigenvalue weighted by atomic mass is 79.9. The molecule has 2 heterocycles. The van der Waals surface area contributed by atoms with Crippen LogP contribution in [0.5, 0.6) is 5.75 Å². The quantitative estimate of drug-likeness (QED) is 0.518. The molecule has 0 spiro atoms. The van der Waals surface area contributed by atoms with Gasteiger partial charge >= 0.3 is 0 Å². The van der Waals surface area contributed by atoms with Crippen LogP contribution in [0, 0.1) is 0 Å². The lowest BCUT2D eigenvalue weighted by atomic mass is 10.2. The van der Waals surface area contributed by atoms with Gasteiger partial charge in [0.15, 0.2) is 11.8 Å². The minimum atomic E-state index is -0.260. The lowest BCUT2D eigenvalue weighted by molar-refractivity contribution is -0.137. The number of amidine groups is 1. The molecule has 0 saturated carbocycles. The molecule has 7 nitrogen and oxygen atoms in total. The number of halogens is 3. The van der Waals surface area contributed by atoms with E-state index in [9.17, 15) is 9.59 Å². The summed E-state index contributed by atoms with van der Waals surface area (Å²) in [7, 11) is 0. The summed E-state index contributed by atoms with van der Waals surface area (Å²) in [6.45, 7) is 2.18.